The molecule has 1 aliphatic rings. The predicted octanol–water partition coefficient (Wildman–Crippen LogP) is 1.01. The fraction of sp³-hybridized carbons (Fsp3) is 0.500. The number of aromatic amines is 1. The molecule has 0 saturated carbocycles. The molecule has 1 aromatic heterocycles. The monoisotopic (exact) mass is 552 g/mol. The van der Waals surface area contributed by atoms with Crippen LogP contribution in [-0.2, 0) is 23.5 Å². The van der Waals surface area contributed by atoms with Gasteiger partial charge in [-0.05, 0) is 37.0 Å². The number of H-pyrrole nitrogens is 1. The van der Waals surface area contributed by atoms with E-state index in [9.17, 15) is 23.7 Å². The predicted molar refractivity (Wildman–Crippen MR) is 136 cm³/mol. The van der Waals surface area contributed by atoms with Crippen LogP contribution >= 0.6 is 7.82 Å². The quantitative estimate of drug-likeness (QED) is 0.197. The van der Waals surface area contributed by atoms with Gasteiger partial charge in [0.25, 0.3) is 5.91 Å². The Morgan fingerprint density at radius 1 is 1.21 bits per heavy atom. The molecule has 0 spiro atoms. The largest absolute Gasteiger partial charge is 0.496 e. The van der Waals surface area contributed by atoms with Gasteiger partial charge in [0.1, 0.15) is 24.1 Å². The summed E-state index contributed by atoms with van der Waals surface area (Å²) >= 11 is 0. The third-order valence-corrected chi connectivity index (χ3v) is 6.63. The van der Waals surface area contributed by atoms with Crippen molar-refractivity contribution in [3.63, 3.8) is 0 Å². The number of rotatable bonds is 13. The lowest BCUT2D eigenvalue weighted by Gasteiger charge is -2.26. The van der Waals surface area contributed by atoms with Gasteiger partial charge >= 0.3 is 7.82 Å². The van der Waals surface area contributed by atoms with Crippen molar-refractivity contribution in [2.75, 3.05) is 20.3 Å². The van der Waals surface area contributed by atoms with Gasteiger partial charge in [-0.2, -0.15) is 0 Å². The van der Waals surface area contributed by atoms with Gasteiger partial charge in [-0.3, -0.25) is 23.7 Å². The highest BCUT2D eigenvalue weighted by atomic mass is 31.2. The van der Waals surface area contributed by atoms with Crippen LogP contribution in [0.2, 0.25) is 0 Å². The molecule has 6 N–H and O–H groups in total. The number of carbonyl (C=O) groups is 4. The molecule has 1 fully saturated rings. The van der Waals surface area contributed by atoms with Gasteiger partial charge in [-0.1, -0.05) is 19.9 Å². The number of ketones is 1. The highest BCUT2D eigenvalue weighted by Gasteiger charge is 2.36. The van der Waals surface area contributed by atoms with Crippen LogP contribution in [0.5, 0.6) is 5.75 Å². The molecule has 1 unspecified atom stereocenters. The SMILES string of the molecule is COc1cccc2[nH]c(C(=O)N[C@@H](CC(C)C)C(=O)NC(CC(=O)COP(=O)(O)O)[C@@H]3CCNC3=O)cc12. The minimum Gasteiger partial charge on any atom is -0.496 e. The third-order valence-electron chi connectivity index (χ3n) is 6.16. The van der Waals surface area contributed by atoms with Gasteiger partial charge in [0, 0.05) is 29.9 Å². The number of benzene rings is 1. The van der Waals surface area contributed by atoms with E-state index in [0.717, 1.165) is 0 Å². The summed E-state index contributed by atoms with van der Waals surface area (Å²) in [7, 11) is -3.34. The fourth-order valence-electron chi connectivity index (χ4n) is 4.40. The number of phosphoric acid groups is 1. The van der Waals surface area contributed by atoms with E-state index in [-0.39, 0.29) is 30.4 Å². The van der Waals surface area contributed by atoms with Crippen molar-refractivity contribution in [3.8, 4) is 5.75 Å². The van der Waals surface area contributed by atoms with Crippen molar-refractivity contribution in [3.05, 3.63) is 30.0 Å². The number of carbonyl (C=O) groups excluding carboxylic acids is 4. The van der Waals surface area contributed by atoms with Crippen LogP contribution in [-0.4, -0.2) is 70.6 Å². The molecule has 1 saturated heterocycles. The molecule has 3 amide bonds. The normalized spacial score (nSPS) is 17.2. The van der Waals surface area contributed by atoms with E-state index in [1.807, 2.05) is 13.8 Å². The van der Waals surface area contributed by atoms with E-state index in [1.54, 1.807) is 24.3 Å². The topological polar surface area (TPSA) is 196 Å². The van der Waals surface area contributed by atoms with Crippen molar-refractivity contribution in [1.29, 1.82) is 0 Å². The van der Waals surface area contributed by atoms with Crippen LogP contribution in [0.25, 0.3) is 10.9 Å². The smallest absolute Gasteiger partial charge is 0.470 e. The van der Waals surface area contributed by atoms with Crippen molar-refractivity contribution in [2.24, 2.45) is 11.8 Å². The van der Waals surface area contributed by atoms with Crippen molar-refractivity contribution in [2.45, 2.75) is 45.2 Å². The van der Waals surface area contributed by atoms with Gasteiger partial charge in [0.15, 0.2) is 5.78 Å². The van der Waals surface area contributed by atoms with E-state index >= 15 is 0 Å². The number of aromatic nitrogens is 1. The second-order valence-electron chi connectivity index (χ2n) is 9.57. The molecule has 14 heteroatoms. The zero-order valence-electron chi connectivity index (χ0n) is 21.4. The summed E-state index contributed by atoms with van der Waals surface area (Å²) in [4.78, 5) is 71.9. The number of amides is 3. The summed E-state index contributed by atoms with van der Waals surface area (Å²) in [5.74, 6) is -2.29. The Bertz CT molecular complexity index is 1240. The van der Waals surface area contributed by atoms with E-state index < -0.39 is 50.0 Å². The first-order valence-electron chi connectivity index (χ1n) is 12.1. The lowest BCUT2D eigenvalue weighted by molar-refractivity contribution is -0.128. The molecule has 1 aliphatic heterocycles. The molecule has 208 valence electrons. The molecule has 3 rings (SSSR count). The Balaban J connectivity index is 1.76. The van der Waals surface area contributed by atoms with E-state index in [2.05, 4.69) is 25.5 Å². The molecule has 0 aliphatic carbocycles. The highest BCUT2D eigenvalue weighted by Crippen LogP contribution is 2.35. The maximum absolute atomic E-state index is 13.3. The van der Waals surface area contributed by atoms with Crippen LogP contribution < -0.4 is 20.7 Å². The number of nitrogens with one attached hydrogen (secondary N) is 4. The summed E-state index contributed by atoms with van der Waals surface area (Å²) in [6.45, 7) is 3.25. The van der Waals surface area contributed by atoms with Gasteiger partial charge in [-0.15, -0.1) is 0 Å². The standard InChI is InChI=1S/C24H33N4O9P/c1-13(2)9-19(28-24(32)20-11-16-17(26-20)5-4-6-21(16)36-3)23(31)27-18(15-7-8-25-22(15)30)10-14(29)12-37-38(33,34)35/h4-6,11,13,15,18-19,26H,7-10,12H2,1-3H3,(H,25,30)(H,27,31)(H,28,32)(H2,33,34,35)/t15-,18?,19-/m0/s1. The zero-order valence-corrected chi connectivity index (χ0v) is 22.2. The molecule has 3 atom stereocenters. The molecule has 1 aromatic carbocycles. The Labute approximate surface area is 219 Å². The van der Waals surface area contributed by atoms with Gasteiger partial charge in [0.05, 0.1) is 13.0 Å². The molecule has 13 nitrogen and oxygen atoms in total. The molecular weight excluding hydrogens is 519 g/mol. The summed E-state index contributed by atoms with van der Waals surface area (Å²) < 4.78 is 20.5. The number of hydrogen-bond donors (Lipinski definition) is 6. The fourth-order valence-corrected chi connectivity index (χ4v) is 4.71. The molecule has 2 heterocycles. The van der Waals surface area contributed by atoms with E-state index in [4.69, 9.17) is 14.5 Å². The third kappa shape index (κ3) is 7.87. The maximum Gasteiger partial charge on any atom is 0.470 e. The Hall–Kier alpha value is -3.25. The number of methoxy groups -OCH3 is 1. The lowest BCUT2D eigenvalue weighted by atomic mass is 9.93. The average molecular weight is 553 g/mol. The van der Waals surface area contributed by atoms with Crippen molar-refractivity contribution in [1.82, 2.24) is 20.9 Å². The molecule has 0 radical (unpaired) electrons. The average Bonchev–Trinajstić information content (AvgIpc) is 3.47. The van der Waals surface area contributed by atoms with E-state index in [1.165, 1.54) is 7.11 Å². The summed E-state index contributed by atoms with van der Waals surface area (Å²) in [5.41, 5.74) is 0.908. The summed E-state index contributed by atoms with van der Waals surface area (Å²) in [6, 6.07) is 5.01. The first-order valence-corrected chi connectivity index (χ1v) is 13.7. The van der Waals surface area contributed by atoms with Gasteiger partial charge in [-0.25, -0.2) is 4.57 Å². The Kier molecular flexibility index (Phi) is 9.66. The number of hydrogen-bond acceptors (Lipinski definition) is 7. The maximum atomic E-state index is 13.3. The number of ether oxygens (including phenoxy) is 1. The summed E-state index contributed by atoms with van der Waals surface area (Å²) in [5, 5.41) is 8.79. The van der Waals surface area contributed by atoms with Crippen LogP contribution in [0.1, 0.15) is 43.6 Å². The molecule has 2 aromatic rings. The molecular formula is C24H33N4O9P. The number of Topliss-reactive ketones (excluding diaryl/α,β-unsaturated/α-hetero) is 1. The zero-order chi connectivity index (χ0) is 28.0. The van der Waals surface area contributed by atoms with Crippen LogP contribution in [0.15, 0.2) is 24.3 Å². The first kappa shape index (κ1) is 29.3. The van der Waals surface area contributed by atoms with Crippen molar-refractivity contribution >= 4 is 42.2 Å². The molecule has 38 heavy (non-hydrogen) atoms. The molecule has 0 bridgehead atoms. The van der Waals surface area contributed by atoms with Gasteiger partial charge in [0.2, 0.25) is 11.8 Å². The van der Waals surface area contributed by atoms with Crippen LogP contribution in [0, 0.1) is 11.8 Å². The Morgan fingerprint density at radius 2 is 1.95 bits per heavy atom. The Morgan fingerprint density at radius 3 is 2.55 bits per heavy atom. The minimum atomic E-state index is -4.87. The number of fused-ring (bicyclic) bond motifs is 1. The first-order chi connectivity index (χ1) is 17.9. The summed E-state index contributed by atoms with van der Waals surface area (Å²) in [6.07, 6.45) is 0.252. The highest BCUT2D eigenvalue weighted by molar-refractivity contribution is 7.46. The van der Waals surface area contributed by atoms with Crippen molar-refractivity contribution < 1.29 is 42.8 Å². The second-order valence-corrected chi connectivity index (χ2v) is 10.8. The van der Waals surface area contributed by atoms with Gasteiger partial charge < -0.3 is 35.5 Å². The second kappa shape index (κ2) is 12.5. The lowest BCUT2D eigenvalue weighted by Crippen LogP contribution is -2.53. The van der Waals surface area contributed by atoms with Crippen LogP contribution in [0.3, 0.4) is 0 Å². The minimum absolute atomic E-state index is 0.0142. The van der Waals surface area contributed by atoms with Crippen LogP contribution in [0.4, 0.5) is 0 Å². The van der Waals surface area contributed by atoms with E-state index in [0.29, 0.717) is 29.6 Å². The number of phosphoric ester groups is 1.